The van der Waals surface area contributed by atoms with Gasteiger partial charge in [0.25, 0.3) is 17.6 Å². The number of hydrogen-bond acceptors (Lipinski definition) is 5. The third-order valence-corrected chi connectivity index (χ3v) is 7.04. The Balaban J connectivity index is 1.63. The lowest BCUT2D eigenvalue weighted by atomic mass is 10.0. The number of amides is 2. The van der Waals surface area contributed by atoms with Gasteiger partial charge in [0, 0.05) is 74.0 Å². The van der Waals surface area contributed by atoms with Crippen molar-refractivity contribution in [1.29, 1.82) is 0 Å². The number of aromatic nitrogens is 1. The van der Waals surface area contributed by atoms with Crippen LogP contribution in [0.1, 0.15) is 47.1 Å². The Hall–Kier alpha value is -3.36. The normalized spacial score (nSPS) is 18.2. The molecule has 2 aromatic carbocycles. The topological polar surface area (TPSA) is 85.9 Å². The van der Waals surface area contributed by atoms with Crippen molar-refractivity contribution in [2.24, 2.45) is 0 Å². The van der Waals surface area contributed by atoms with Crippen LogP contribution in [-0.2, 0) is 11.3 Å². The van der Waals surface area contributed by atoms with Crippen molar-refractivity contribution in [2.75, 3.05) is 33.8 Å². The summed E-state index contributed by atoms with van der Waals surface area (Å²) in [6.45, 7) is 8.39. The van der Waals surface area contributed by atoms with E-state index in [1.165, 1.54) is 25.2 Å². The number of halogens is 1. The van der Waals surface area contributed by atoms with E-state index in [2.05, 4.69) is 22.9 Å². The lowest BCUT2D eigenvalue weighted by molar-refractivity contribution is -0.124. The van der Waals surface area contributed by atoms with Gasteiger partial charge in [-0.2, -0.15) is 0 Å². The van der Waals surface area contributed by atoms with E-state index in [9.17, 15) is 14.4 Å². The van der Waals surface area contributed by atoms with Crippen LogP contribution in [0.5, 0.6) is 5.75 Å². The predicted molar refractivity (Wildman–Crippen MR) is 144 cm³/mol. The standard InChI is InChI=1S/C28H33ClN4O4/c1-6-37-25-12-24-21(23(13-30-24)26(34)28(36)31(4)5)11-22(25)27(35)33-15-17(2)32(14-18(33)3)16-19-8-7-9-20(29)10-19/h7-13,17-18,30H,6,14-16H2,1-5H3/t17-,18+/m0/s1. The number of carbonyl (C=O) groups is 3. The molecular formula is C28H33ClN4O4. The maximum absolute atomic E-state index is 13.9. The molecule has 0 spiro atoms. The van der Waals surface area contributed by atoms with Crippen LogP contribution in [0.2, 0.25) is 5.02 Å². The van der Waals surface area contributed by atoms with E-state index in [1.807, 2.05) is 36.9 Å². The number of nitrogens with zero attached hydrogens (tertiary/aromatic N) is 3. The fraction of sp³-hybridized carbons (Fsp3) is 0.393. The molecule has 0 saturated carbocycles. The molecule has 2 atom stereocenters. The van der Waals surface area contributed by atoms with E-state index in [0.29, 0.717) is 46.9 Å². The van der Waals surface area contributed by atoms with Crippen molar-refractivity contribution in [3.05, 3.63) is 64.3 Å². The molecule has 3 aromatic rings. The first-order chi connectivity index (χ1) is 17.6. The Morgan fingerprint density at radius 2 is 1.84 bits per heavy atom. The highest BCUT2D eigenvalue weighted by Crippen LogP contribution is 2.31. The van der Waals surface area contributed by atoms with Gasteiger partial charge in [0.05, 0.1) is 17.7 Å². The summed E-state index contributed by atoms with van der Waals surface area (Å²) in [6, 6.07) is 11.3. The number of nitrogens with one attached hydrogen (secondary N) is 1. The minimum atomic E-state index is -0.629. The molecule has 1 aliphatic heterocycles. The zero-order chi connectivity index (χ0) is 26.9. The molecule has 196 valence electrons. The number of rotatable bonds is 7. The van der Waals surface area contributed by atoms with Crippen molar-refractivity contribution < 1.29 is 19.1 Å². The van der Waals surface area contributed by atoms with Gasteiger partial charge in [0.2, 0.25) is 0 Å². The van der Waals surface area contributed by atoms with E-state index >= 15 is 0 Å². The molecule has 0 radical (unpaired) electrons. The third kappa shape index (κ3) is 5.50. The second-order valence-corrected chi connectivity index (χ2v) is 10.2. The van der Waals surface area contributed by atoms with Crippen LogP contribution in [0.3, 0.4) is 0 Å². The Kier molecular flexibility index (Phi) is 7.90. The molecule has 8 nitrogen and oxygen atoms in total. The van der Waals surface area contributed by atoms with Crippen molar-refractivity contribution in [3.8, 4) is 5.75 Å². The van der Waals surface area contributed by atoms with Gasteiger partial charge in [-0.05, 0) is 44.5 Å². The highest BCUT2D eigenvalue weighted by molar-refractivity contribution is 6.44. The monoisotopic (exact) mass is 524 g/mol. The lowest BCUT2D eigenvalue weighted by Gasteiger charge is -2.44. The minimum absolute atomic E-state index is 0.0456. The van der Waals surface area contributed by atoms with E-state index in [1.54, 1.807) is 12.1 Å². The second-order valence-electron chi connectivity index (χ2n) is 9.77. The molecule has 1 N–H and O–H groups in total. The number of ether oxygens (including phenoxy) is 1. The number of piperazine rings is 1. The fourth-order valence-electron chi connectivity index (χ4n) is 4.82. The highest BCUT2D eigenvalue weighted by atomic mass is 35.5. The van der Waals surface area contributed by atoms with Crippen LogP contribution >= 0.6 is 11.6 Å². The van der Waals surface area contributed by atoms with Crippen LogP contribution < -0.4 is 4.74 Å². The molecular weight excluding hydrogens is 492 g/mol. The maximum atomic E-state index is 13.9. The summed E-state index contributed by atoms with van der Waals surface area (Å²) in [7, 11) is 3.07. The predicted octanol–water partition coefficient (Wildman–Crippen LogP) is 4.23. The number of H-pyrrole nitrogens is 1. The van der Waals surface area contributed by atoms with Crippen LogP contribution in [0.4, 0.5) is 0 Å². The van der Waals surface area contributed by atoms with E-state index in [4.69, 9.17) is 16.3 Å². The van der Waals surface area contributed by atoms with Gasteiger partial charge in [0.1, 0.15) is 5.75 Å². The van der Waals surface area contributed by atoms with Crippen molar-refractivity contribution >= 4 is 40.1 Å². The molecule has 9 heteroatoms. The number of aromatic amines is 1. The molecule has 37 heavy (non-hydrogen) atoms. The SMILES string of the molecule is CCOc1cc2[nH]cc(C(=O)C(=O)N(C)C)c2cc1C(=O)N1C[C@H](C)N(Cc2cccc(Cl)c2)C[C@H]1C. The molecule has 1 aliphatic rings. The Labute approximate surface area is 222 Å². The molecule has 0 bridgehead atoms. The molecule has 1 saturated heterocycles. The van der Waals surface area contributed by atoms with Gasteiger partial charge in [-0.3, -0.25) is 19.3 Å². The van der Waals surface area contributed by atoms with E-state index in [-0.39, 0.29) is 23.6 Å². The average molecular weight is 525 g/mol. The van der Waals surface area contributed by atoms with Gasteiger partial charge in [-0.15, -0.1) is 0 Å². The Morgan fingerprint density at radius 3 is 2.51 bits per heavy atom. The molecule has 2 amide bonds. The first-order valence-electron chi connectivity index (χ1n) is 12.4. The third-order valence-electron chi connectivity index (χ3n) is 6.81. The molecule has 4 rings (SSSR count). The number of ketones is 1. The number of benzene rings is 2. The maximum Gasteiger partial charge on any atom is 0.294 e. The van der Waals surface area contributed by atoms with Crippen LogP contribution in [0.15, 0.2) is 42.6 Å². The number of Topliss-reactive ketones (excluding diaryl/α,β-unsaturated/α-hetero) is 1. The van der Waals surface area contributed by atoms with Crippen molar-refractivity contribution in [3.63, 3.8) is 0 Å². The van der Waals surface area contributed by atoms with Crippen LogP contribution in [-0.4, -0.2) is 83.2 Å². The molecule has 0 unspecified atom stereocenters. The quantitative estimate of drug-likeness (QED) is 0.369. The van der Waals surface area contributed by atoms with Gasteiger partial charge in [-0.1, -0.05) is 23.7 Å². The van der Waals surface area contributed by atoms with Gasteiger partial charge in [0.15, 0.2) is 0 Å². The summed E-state index contributed by atoms with van der Waals surface area (Å²) in [5, 5.41) is 1.23. The summed E-state index contributed by atoms with van der Waals surface area (Å²) in [5.41, 5.74) is 2.37. The lowest BCUT2D eigenvalue weighted by Crippen LogP contribution is -2.57. The Morgan fingerprint density at radius 1 is 1.08 bits per heavy atom. The van der Waals surface area contributed by atoms with E-state index < -0.39 is 11.7 Å². The molecule has 2 heterocycles. The summed E-state index contributed by atoms with van der Waals surface area (Å²) in [4.78, 5) is 47.5. The smallest absolute Gasteiger partial charge is 0.294 e. The van der Waals surface area contributed by atoms with Crippen LogP contribution in [0, 0.1) is 0 Å². The summed E-state index contributed by atoms with van der Waals surface area (Å²) in [5.74, 6) is -0.969. The summed E-state index contributed by atoms with van der Waals surface area (Å²) < 4.78 is 5.84. The second kappa shape index (κ2) is 10.9. The zero-order valence-corrected chi connectivity index (χ0v) is 22.6. The van der Waals surface area contributed by atoms with Gasteiger partial charge >= 0.3 is 0 Å². The molecule has 1 fully saturated rings. The minimum Gasteiger partial charge on any atom is -0.493 e. The molecule has 0 aliphatic carbocycles. The number of fused-ring (bicyclic) bond motifs is 1. The number of carbonyl (C=O) groups excluding carboxylic acids is 3. The van der Waals surface area contributed by atoms with Gasteiger partial charge in [-0.25, -0.2) is 0 Å². The zero-order valence-electron chi connectivity index (χ0n) is 21.9. The summed E-state index contributed by atoms with van der Waals surface area (Å²) >= 11 is 6.17. The first-order valence-corrected chi connectivity index (χ1v) is 12.8. The first kappa shape index (κ1) is 26.7. The van der Waals surface area contributed by atoms with E-state index in [0.717, 1.165) is 12.1 Å². The highest BCUT2D eigenvalue weighted by Gasteiger charge is 2.34. The molecule has 1 aromatic heterocycles. The van der Waals surface area contributed by atoms with Crippen molar-refractivity contribution in [2.45, 2.75) is 39.4 Å². The van der Waals surface area contributed by atoms with Crippen molar-refractivity contribution in [1.82, 2.24) is 19.7 Å². The number of likely N-dealkylation sites (N-methyl/N-ethyl adjacent to an activating group) is 1. The fourth-order valence-corrected chi connectivity index (χ4v) is 5.04. The largest absolute Gasteiger partial charge is 0.493 e. The Bertz CT molecular complexity index is 1330. The van der Waals surface area contributed by atoms with Gasteiger partial charge < -0.3 is 19.5 Å². The number of hydrogen-bond donors (Lipinski definition) is 1. The average Bonchev–Trinajstić information content (AvgIpc) is 3.27. The van der Waals surface area contributed by atoms with Crippen LogP contribution in [0.25, 0.3) is 10.9 Å². The summed E-state index contributed by atoms with van der Waals surface area (Å²) in [6.07, 6.45) is 1.51.